The zero-order valence-corrected chi connectivity index (χ0v) is 12.3. The van der Waals surface area contributed by atoms with E-state index in [1.165, 1.54) is 0 Å². The quantitative estimate of drug-likeness (QED) is 0.928. The smallest absolute Gasteiger partial charge is 0.253 e. The van der Waals surface area contributed by atoms with Gasteiger partial charge in [0.15, 0.2) is 0 Å². The minimum absolute atomic E-state index is 0.0728. The largest absolute Gasteiger partial charge is 0.457 e. The monoisotopic (exact) mass is 297 g/mol. The molecule has 2 aromatic rings. The van der Waals surface area contributed by atoms with Gasteiger partial charge in [-0.15, -0.1) is 0 Å². The van der Waals surface area contributed by atoms with E-state index in [1.807, 2.05) is 54.6 Å². The molecule has 0 spiro atoms. The summed E-state index contributed by atoms with van der Waals surface area (Å²) in [6.07, 6.45) is 2.55. The fourth-order valence-corrected chi connectivity index (χ4v) is 2.40. The Morgan fingerprint density at radius 2 is 1.73 bits per heavy atom. The predicted octanol–water partition coefficient (Wildman–Crippen LogP) is 3.99. The van der Waals surface area contributed by atoms with Gasteiger partial charge in [0.2, 0.25) is 0 Å². The van der Waals surface area contributed by atoms with Crippen LogP contribution in [0.5, 0.6) is 11.5 Å². The van der Waals surface area contributed by atoms with Crippen LogP contribution in [0.3, 0.4) is 0 Å². The van der Waals surface area contributed by atoms with E-state index in [0.29, 0.717) is 6.61 Å². The molecular formula is C18H19NO3. The van der Waals surface area contributed by atoms with Gasteiger partial charge in [-0.25, -0.2) is 0 Å². The highest BCUT2D eigenvalue weighted by molar-refractivity contribution is 5.94. The van der Waals surface area contributed by atoms with Crippen LogP contribution in [-0.4, -0.2) is 18.6 Å². The van der Waals surface area contributed by atoms with Crippen LogP contribution in [0.25, 0.3) is 0 Å². The third-order valence-electron chi connectivity index (χ3n) is 3.57. The van der Waals surface area contributed by atoms with E-state index in [-0.39, 0.29) is 12.0 Å². The molecule has 1 aliphatic rings. The molecule has 4 heteroatoms. The molecule has 1 atom stereocenters. The topological polar surface area (TPSA) is 47.6 Å². The SMILES string of the molecule is O=C(Nc1ccc(Oc2ccccc2)cc1)C1CCCCO1. The third kappa shape index (κ3) is 3.86. The summed E-state index contributed by atoms with van der Waals surface area (Å²) in [6.45, 7) is 0.669. The molecular weight excluding hydrogens is 278 g/mol. The molecule has 22 heavy (non-hydrogen) atoms. The maximum Gasteiger partial charge on any atom is 0.253 e. The van der Waals surface area contributed by atoms with Crippen LogP contribution in [0.4, 0.5) is 5.69 Å². The first-order chi connectivity index (χ1) is 10.8. The molecule has 0 radical (unpaired) electrons. The van der Waals surface area contributed by atoms with Gasteiger partial charge in [0.25, 0.3) is 5.91 Å². The molecule has 1 aliphatic heterocycles. The summed E-state index contributed by atoms with van der Waals surface area (Å²) >= 11 is 0. The molecule has 0 aliphatic carbocycles. The molecule has 2 aromatic carbocycles. The minimum Gasteiger partial charge on any atom is -0.457 e. The van der Waals surface area contributed by atoms with Crippen LogP contribution in [0.2, 0.25) is 0 Å². The number of carbonyl (C=O) groups excluding carboxylic acids is 1. The normalized spacial score (nSPS) is 17.7. The average molecular weight is 297 g/mol. The van der Waals surface area contributed by atoms with Gasteiger partial charge in [0.1, 0.15) is 17.6 Å². The molecule has 1 unspecified atom stereocenters. The Balaban J connectivity index is 1.58. The lowest BCUT2D eigenvalue weighted by atomic mass is 10.1. The molecule has 114 valence electrons. The zero-order valence-electron chi connectivity index (χ0n) is 12.3. The Hall–Kier alpha value is -2.33. The predicted molar refractivity (Wildman–Crippen MR) is 85.2 cm³/mol. The van der Waals surface area contributed by atoms with Gasteiger partial charge >= 0.3 is 0 Å². The Morgan fingerprint density at radius 1 is 1.00 bits per heavy atom. The van der Waals surface area contributed by atoms with Crippen molar-refractivity contribution in [2.75, 3.05) is 11.9 Å². The van der Waals surface area contributed by atoms with Crippen molar-refractivity contribution < 1.29 is 14.3 Å². The molecule has 0 aromatic heterocycles. The first kappa shape index (κ1) is 14.6. The van der Waals surface area contributed by atoms with Crippen LogP contribution in [0, 0.1) is 0 Å². The zero-order chi connectivity index (χ0) is 15.2. The van der Waals surface area contributed by atoms with E-state index < -0.39 is 0 Å². The summed E-state index contributed by atoms with van der Waals surface area (Å²) in [4.78, 5) is 12.1. The first-order valence-corrected chi connectivity index (χ1v) is 7.57. The van der Waals surface area contributed by atoms with E-state index in [9.17, 15) is 4.79 Å². The lowest BCUT2D eigenvalue weighted by Crippen LogP contribution is -2.33. The van der Waals surface area contributed by atoms with Gasteiger partial charge in [-0.05, 0) is 55.7 Å². The molecule has 4 nitrogen and oxygen atoms in total. The fraction of sp³-hybridized carbons (Fsp3) is 0.278. The Morgan fingerprint density at radius 3 is 2.41 bits per heavy atom. The van der Waals surface area contributed by atoms with E-state index in [2.05, 4.69) is 5.32 Å². The van der Waals surface area contributed by atoms with Crippen molar-refractivity contribution in [3.63, 3.8) is 0 Å². The highest BCUT2D eigenvalue weighted by Gasteiger charge is 2.21. The molecule has 0 saturated carbocycles. The number of amides is 1. The molecule has 1 N–H and O–H groups in total. The summed E-state index contributed by atoms with van der Waals surface area (Å²) < 4.78 is 11.2. The number of para-hydroxylation sites is 1. The van der Waals surface area contributed by atoms with Crippen LogP contribution >= 0.6 is 0 Å². The summed E-state index contributed by atoms with van der Waals surface area (Å²) in [5.74, 6) is 1.45. The third-order valence-corrected chi connectivity index (χ3v) is 3.57. The van der Waals surface area contributed by atoms with Crippen LogP contribution < -0.4 is 10.1 Å². The maximum absolute atomic E-state index is 12.1. The summed E-state index contributed by atoms with van der Waals surface area (Å²) in [7, 11) is 0. The number of rotatable bonds is 4. The van der Waals surface area contributed by atoms with Crippen molar-refractivity contribution in [2.24, 2.45) is 0 Å². The van der Waals surface area contributed by atoms with Crippen molar-refractivity contribution in [1.29, 1.82) is 0 Å². The summed E-state index contributed by atoms with van der Waals surface area (Å²) in [5.41, 5.74) is 0.750. The first-order valence-electron chi connectivity index (χ1n) is 7.57. The summed E-state index contributed by atoms with van der Waals surface area (Å²) in [5, 5.41) is 2.88. The van der Waals surface area contributed by atoms with Gasteiger partial charge in [0, 0.05) is 12.3 Å². The van der Waals surface area contributed by atoms with Gasteiger partial charge < -0.3 is 14.8 Å². The second-order valence-corrected chi connectivity index (χ2v) is 5.28. The molecule has 1 fully saturated rings. The van der Waals surface area contributed by atoms with E-state index in [4.69, 9.17) is 9.47 Å². The molecule has 1 saturated heterocycles. The number of hydrogen-bond acceptors (Lipinski definition) is 3. The number of benzene rings is 2. The number of nitrogens with one attached hydrogen (secondary N) is 1. The number of carbonyl (C=O) groups is 1. The Labute approximate surface area is 130 Å². The minimum atomic E-state index is -0.325. The van der Waals surface area contributed by atoms with E-state index >= 15 is 0 Å². The van der Waals surface area contributed by atoms with Gasteiger partial charge in [-0.1, -0.05) is 18.2 Å². The van der Waals surface area contributed by atoms with Gasteiger partial charge in [0.05, 0.1) is 0 Å². The lowest BCUT2D eigenvalue weighted by Gasteiger charge is -2.21. The average Bonchev–Trinajstić information content (AvgIpc) is 2.58. The highest BCUT2D eigenvalue weighted by Crippen LogP contribution is 2.23. The fourth-order valence-electron chi connectivity index (χ4n) is 2.40. The standard InChI is InChI=1S/C18H19NO3/c20-18(17-8-4-5-13-21-17)19-14-9-11-16(12-10-14)22-15-6-2-1-3-7-15/h1-3,6-7,9-12,17H,4-5,8,13H2,(H,19,20). The lowest BCUT2D eigenvalue weighted by molar-refractivity contribution is -0.129. The molecule has 0 bridgehead atoms. The molecule has 1 heterocycles. The second-order valence-electron chi connectivity index (χ2n) is 5.28. The van der Waals surface area contributed by atoms with Crippen molar-refractivity contribution >= 4 is 11.6 Å². The number of anilines is 1. The number of ether oxygens (including phenoxy) is 2. The van der Waals surface area contributed by atoms with E-state index in [0.717, 1.165) is 36.4 Å². The van der Waals surface area contributed by atoms with Crippen LogP contribution in [0.1, 0.15) is 19.3 Å². The number of hydrogen-bond donors (Lipinski definition) is 1. The van der Waals surface area contributed by atoms with Crippen LogP contribution in [0.15, 0.2) is 54.6 Å². The molecule has 3 rings (SSSR count). The van der Waals surface area contributed by atoms with Crippen molar-refractivity contribution in [1.82, 2.24) is 0 Å². The second kappa shape index (κ2) is 7.09. The Bertz CT molecular complexity index is 604. The van der Waals surface area contributed by atoms with Crippen LogP contribution in [-0.2, 0) is 9.53 Å². The van der Waals surface area contributed by atoms with Crippen molar-refractivity contribution in [3.8, 4) is 11.5 Å². The van der Waals surface area contributed by atoms with E-state index in [1.54, 1.807) is 0 Å². The maximum atomic E-state index is 12.1. The van der Waals surface area contributed by atoms with Gasteiger partial charge in [-0.3, -0.25) is 4.79 Å². The Kier molecular flexibility index (Phi) is 4.71. The molecule has 1 amide bonds. The van der Waals surface area contributed by atoms with Crippen molar-refractivity contribution in [2.45, 2.75) is 25.4 Å². The van der Waals surface area contributed by atoms with Gasteiger partial charge in [-0.2, -0.15) is 0 Å². The highest BCUT2D eigenvalue weighted by atomic mass is 16.5. The van der Waals surface area contributed by atoms with Crippen molar-refractivity contribution in [3.05, 3.63) is 54.6 Å². The summed E-state index contributed by atoms with van der Waals surface area (Å²) in [6, 6.07) is 16.9.